The highest BCUT2D eigenvalue weighted by Crippen LogP contribution is 2.20. The number of carbonyl (C=O) groups excluding carboxylic acids is 2. The molecule has 0 saturated heterocycles. The summed E-state index contributed by atoms with van der Waals surface area (Å²) in [7, 11) is 0. The number of benzene rings is 1. The molecular weight excluding hydrogens is 253 g/mol. The molecule has 19 heavy (non-hydrogen) atoms. The quantitative estimate of drug-likeness (QED) is 0.682. The van der Waals surface area contributed by atoms with E-state index in [2.05, 4.69) is 5.32 Å². The van der Waals surface area contributed by atoms with Crippen molar-refractivity contribution in [2.24, 2.45) is 0 Å². The van der Waals surface area contributed by atoms with Gasteiger partial charge in [-0.1, -0.05) is 6.07 Å². The number of rotatable bonds is 5. The Bertz CT molecular complexity index is 490. The fourth-order valence-electron chi connectivity index (χ4n) is 1.58. The molecule has 0 spiro atoms. The van der Waals surface area contributed by atoms with Gasteiger partial charge in [-0.2, -0.15) is 0 Å². The summed E-state index contributed by atoms with van der Waals surface area (Å²) in [4.78, 5) is 21.9. The molecule has 0 saturated carbocycles. The van der Waals surface area contributed by atoms with E-state index in [0.29, 0.717) is 0 Å². The first-order valence-corrected chi connectivity index (χ1v) is 5.74. The maximum atomic E-state index is 13.3. The minimum Gasteiger partial charge on any atom is -0.388 e. The zero-order valence-electron chi connectivity index (χ0n) is 10.7. The van der Waals surface area contributed by atoms with Crippen molar-refractivity contribution in [2.45, 2.75) is 26.1 Å². The van der Waals surface area contributed by atoms with Gasteiger partial charge >= 0.3 is 0 Å². The largest absolute Gasteiger partial charge is 0.388 e. The van der Waals surface area contributed by atoms with Crippen LogP contribution < -0.4 is 5.32 Å². The Morgan fingerprint density at radius 3 is 2.47 bits per heavy atom. The molecule has 0 aliphatic heterocycles. The number of halogens is 1. The predicted octanol–water partition coefficient (Wildman–Crippen LogP) is 0.559. The summed E-state index contributed by atoms with van der Waals surface area (Å²) in [5, 5.41) is 21.9. The van der Waals surface area contributed by atoms with E-state index in [1.54, 1.807) is 0 Å². The van der Waals surface area contributed by atoms with E-state index < -0.39 is 23.8 Å². The third-order valence-electron chi connectivity index (χ3n) is 2.64. The lowest BCUT2D eigenvalue weighted by molar-refractivity contribution is -0.119. The van der Waals surface area contributed by atoms with Crippen molar-refractivity contribution in [1.82, 2.24) is 5.32 Å². The van der Waals surface area contributed by atoms with Crippen molar-refractivity contribution < 1.29 is 24.2 Å². The van der Waals surface area contributed by atoms with Gasteiger partial charge in [0.05, 0.1) is 5.56 Å². The molecule has 5 nitrogen and oxygen atoms in total. The fraction of sp³-hybridized carbons (Fsp3) is 0.385. The summed E-state index contributed by atoms with van der Waals surface area (Å²) < 4.78 is 13.3. The highest BCUT2D eigenvalue weighted by atomic mass is 19.1. The predicted molar refractivity (Wildman–Crippen MR) is 66.1 cm³/mol. The van der Waals surface area contributed by atoms with Crippen LogP contribution in [0.25, 0.3) is 0 Å². The van der Waals surface area contributed by atoms with Gasteiger partial charge in [-0.05, 0) is 24.6 Å². The van der Waals surface area contributed by atoms with E-state index in [9.17, 15) is 24.2 Å². The summed E-state index contributed by atoms with van der Waals surface area (Å²) in [6.45, 7) is 2.36. The van der Waals surface area contributed by atoms with Crippen LogP contribution in [0.3, 0.4) is 0 Å². The number of aliphatic hydroxyl groups is 2. The van der Waals surface area contributed by atoms with Gasteiger partial charge in [-0.15, -0.1) is 0 Å². The Morgan fingerprint density at radius 1 is 1.32 bits per heavy atom. The van der Waals surface area contributed by atoms with Gasteiger partial charge in [0.15, 0.2) is 5.78 Å². The second kappa shape index (κ2) is 6.40. The van der Waals surface area contributed by atoms with Crippen LogP contribution in [-0.4, -0.2) is 34.6 Å². The average Bonchev–Trinajstić information content (AvgIpc) is 2.35. The van der Waals surface area contributed by atoms with Crippen molar-refractivity contribution in [3.05, 3.63) is 35.1 Å². The zero-order chi connectivity index (χ0) is 14.6. The monoisotopic (exact) mass is 269 g/mol. The van der Waals surface area contributed by atoms with Crippen molar-refractivity contribution in [3.8, 4) is 0 Å². The molecule has 1 amide bonds. The molecule has 0 bridgehead atoms. The smallest absolute Gasteiger partial charge is 0.216 e. The Kier molecular flexibility index (Phi) is 5.14. The molecular formula is C13H16FNO4. The summed E-state index contributed by atoms with van der Waals surface area (Å²) in [5.41, 5.74) is 0.0627. The molecule has 0 fully saturated rings. The van der Waals surface area contributed by atoms with Crippen LogP contribution in [0.5, 0.6) is 0 Å². The number of amides is 1. The number of aliphatic hydroxyl groups excluding tert-OH is 2. The molecule has 1 aromatic rings. The summed E-state index contributed by atoms with van der Waals surface area (Å²) in [5.74, 6) is -1.49. The van der Waals surface area contributed by atoms with E-state index in [1.807, 2.05) is 0 Å². The molecule has 0 aromatic heterocycles. The molecule has 1 rings (SSSR count). The van der Waals surface area contributed by atoms with Gasteiger partial charge in [0.25, 0.3) is 0 Å². The van der Waals surface area contributed by atoms with Crippen LogP contribution in [0, 0.1) is 5.82 Å². The Labute approximate surface area is 110 Å². The maximum absolute atomic E-state index is 13.3. The molecule has 2 unspecified atom stereocenters. The molecule has 0 aliphatic rings. The Balaban J connectivity index is 2.87. The highest BCUT2D eigenvalue weighted by molar-refractivity contribution is 5.94. The minimum absolute atomic E-state index is 0.136. The summed E-state index contributed by atoms with van der Waals surface area (Å²) in [6, 6.07) is 3.53. The standard InChI is InChI=1S/C13H16FNO4/c1-7(16)10-5-9(3-4-11(10)14)13(19)12(18)6-15-8(2)17/h3-5,12-13,18-19H,6H2,1-2H3,(H,15,17). The lowest BCUT2D eigenvalue weighted by atomic mass is 10.00. The first-order valence-electron chi connectivity index (χ1n) is 5.74. The van der Waals surface area contributed by atoms with Crippen molar-refractivity contribution >= 4 is 11.7 Å². The molecule has 0 radical (unpaired) electrons. The molecule has 6 heteroatoms. The SMILES string of the molecule is CC(=O)NCC(O)C(O)c1ccc(F)c(C(C)=O)c1. The molecule has 1 aromatic carbocycles. The topological polar surface area (TPSA) is 86.6 Å². The van der Waals surface area contributed by atoms with Gasteiger partial charge in [-0.25, -0.2) is 4.39 Å². The highest BCUT2D eigenvalue weighted by Gasteiger charge is 2.20. The van der Waals surface area contributed by atoms with Gasteiger partial charge in [0, 0.05) is 13.5 Å². The molecule has 0 heterocycles. The maximum Gasteiger partial charge on any atom is 0.216 e. The van der Waals surface area contributed by atoms with Gasteiger partial charge in [0.2, 0.25) is 5.91 Å². The van der Waals surface area contributed by atoms with Crippen LogP contribution in [-0.2, 0) is 4.79 Å². The number of Topliss-reactive ketones (excluding diaryl/α,β-unsaturated/α-hetero) is 1. The van der Waals surface area contributed by atoms with Gasteiger partial charge in [0.1, 0.15) is 18.0 Å². The molecule has 2 atom stereocenters. The Morgan fingerprint density at radius 2 is 1.95 bits per heavy atom. The molecule has 0 aliphatic carbocycles. The first-order chi connectivity index (χ1) is 8.82. The van der Waals surface area contributed by atoms with Crippen LogP contribution in [0.2, 0.25) is 0 Å². The van der Waals surface area contributed by atoms with Crippen molar-refractivity contribution in [2.75, 3.05) is 6.54 Å². The number of ketones is 1. The lowest BCUT2D eigenvalue weighted by Gasteiger charge is -2.18. The van der Waals surface area contributed by atoms with E-state index in [1.165, 1.54) is 26.0 Å². The van der Waals surface area contributed by atoms with Crippen molar-refractivity contribution in [3.63, 3.8) is 0 Å². The fourth-order valence-corrected chi connectivity index (χ4v) is 1.58. The second-order valence-electron chi connectivity index (χ2n) is 4.24. The minimum atomic E-state index is -1.31. The number of hydrogen-bond donors (Lipinski definition) is 3. The van der Waals surface area contributed by atoms with Crippen LogP contribution >= 0.6 is 0 Å². The van der Waals surface area contributed by atoms with Crippen LogP contribution in [0.1, 0.15) is 35.9 Å². The van der Waals surface area contributed by atoms with E-state index >= 15 is 0 Å². The molecule has 104 valence electrons. The van der Waals surface area contributed by atoms with Crippen LogP contribution in [0.4, 0.5) is 4.39 Å². The third kappa shape index (κ3) is 4.11. The molecule has 3 N–H and O–H groups in total. The first kappa shape index (κ1) is 15.3. The third-order valence-corrected chi connectivity index (χ3v) is 2.64. The summed E-state index contributed by atoms with van der Waals surface area (Å²) >= 11 is 0. The van der Waals surface area contributed by atoms with E-state index in [-0.39, 0.29) is 23.6 Å². The summed E-state index contributed by atoms with van der Waals surface area (Å²) in [6.07, 6.45) is -2.56. The van der Waals surface area contributed by atoms with E-state index in [4.69, 9.17) is 0 Å². The zero-order valence-corrected chi connectivity index (χ0v) is 10.7. The van der Waals surface area contributed by atoms with Gasteiger partial charge < -0.3 is 15.5 Å². The number of carbonyl (C=O) groups is 2. The second-order valence-corrected chi connectivity index (χ2v) is 4.24. The van der Waals surface area contributed by atoms with Crippen molar-refractivity contribution in [1.29, 1.82) is 0 Å². The van der Waals surface area contributed by atoms with E-state index in [0.717, 1.165) is 6.07 Å². The van der Waals surface area contributed by atoms with Crippen LogP contribution in [0.15, 0.2) is 18.2 Å². The lowest BCUT2D eigenvalue weighted by Crippen LogP contribution is -2.34. The Hall–Kier alpha value is -1.79. The van der Waals surface area contributed by atoms with Gasteiger partial charge in [-0.3, -0.25) is 9.59 Å². The normalized spacial score (nSPS) is 13.7. The number of hydrogen-bond acceptors (Lipinski definition) is 4. The average molecular weight is 269 g/mol. The number of nitrogens with one attached hydrogen (secondary N) is 1.